The highest BCUT2D eigenvalue weighted by atomic mass is 16.2. The molecule has 4 aromatic rings. The Balaban J connectivity index is 1.42. The maximum Gasteiger partial charge on any atom is 0.329 e. The van der Waals surface area contributed by atoms with Crippen molar-refractivity contribution < 1.29 is 0 Å². The number of hydrogen-bond acceptors (Lipinski definition) is 8. The monoisotopic (exact) mass is 594 g/mol. The molecule has 0 saturated carbocycles. The molecule has 0 aromatic carbocycles. The molecular weight excluding hydrogens is 552 g/mol. The molecule has 0 aliphatic carbocycles. The molecule has 4 aromatic heterocycles. The molecule has 0 unspecified atom stereocenters. The summed E-state index contributed by atoms with van der Waals surface area (Å²) in [5.74, 6) is 3.21. The number of aromatic amines is 2. The second kappa shape index (κ2) is 10.9. The molecule has 6 rings (SSSR count). The van der Waals surface area contributed by atoms with Gasteiger partial charge >= 0.3 is 11.4 Å². The van der Waals surface area contributed by atoms with E-state index >= 15 is 0 Å². The minimum atomic E-state index is -0.501. The van der Waals surface area contributed by atoms with Gasteiger partial charge in [-0.1, -0.05) is 27.7 Å². The lowest BCUT2D eigenvalue weighted by atomic mass is 9.92. The number of rotatable bonds is 6. The number of aryl methyl sites for hydroxylation is 4. The molecule has 2 N–H and O–H groups in total. The molecule has 43 heavy (non-hydrogen) atoms. The fraction of sp³-hybridized carbons (Fsp3) is 0.655. The van der Waals surface area contributed by atoms with Crippen molar-refractivity contribution in [1.82, 2.24) is 38.2 Å². The molecule has 0 spiro atoms. The summed E-state index contributed by atoms with van der Waals surface area (Å²) in [7, 11) is 3.23. The number of piperidine rings is 2. The lowest BCUT2D eigenvalue weighted by Crippen LogP contribution is -2.40. The van der Waals surface area contributed by atoms with Gasteiger partial charge in [0.15, 0.2) is 22.3 Å². The van der Waals surface area contributed by atoms with Crippen LogP contribution < -0.4 is 32.3 Å². The minimum absolute atomic E-state index is 0.353. The van der Waals surface area contributed by atoms with Crippen molar-refractivity contribution in [3.8, 4) is 0 Å². The van der Waals surface area contributed by atoms with E-state index in [1.807, 2.05) is 9.13 Å². The predicted molar refractivity (Wildman–Crippen MR) is 166 cm³/mol. The predicted octanol–water partition coefficient (Wildman–Crippen LogP) is 1.21. The van der Waals surface area contributed by atoms with E-state index in [2.05, 4.69) is 47.5 Å². The summed E-state index contributed by atoms with van der Waals surface area (Å²) in [6, 6.07) is 0. The van der Waals surface area contributed by atoms with Crippen LogP contribution in [-0.4, -0.2) is 64.4 Å². The van der Waals surface area contributed by atoms with E-state index in [4.69, 9.17) is 9.97 Å². The van der Waals surface area contributed by atoms with E-state index in [1.165, 1.54) is 9.13 Å². The molecular formula is C29H42N10O4. The first-order valence-electron chi connectivity index (χ1n) is 15.3. The third kappa shape index (κ3) is 5.10. The van der Waals surface area contributed by atoms with Crippen LogP contribution in [0.25, 0.3) is 22.3 Å². The van der Waals surface area contributed by atoms with E-state index in [0.717, 1.165) is 39.0 Å². The Hall–Kier alpha value is -4.10. The van der Waals surface area contributed by atoms with Crippen LogP contribution in [0.1, 0.15) is 47.0 Å². The fourth-order valence-electron chi connectivity index (χ4n) is 7.39. The Morgan fingerprint density at radius 1 is 0.628 bits per heavy atom. The van der Waals surface area contributed by atoms with Gasteiger partial charge < -0.3 is 18.9 Å². The van der Waals surface area contributed by atoms with Gasteiger partial charge in [0.1, 0.15) is 0 Å². The summed E-state index contributed by atoms with van der Waals surface area (Å²) >= 11 is 0. The highest BCUT2D eigenvalue weighted by molar-refractivity contribution is 5.75. The number of imidazole rings is 2. The van der Waals surface area contributed by atoms with E-state index in [9.17, 15) is 19.2 Å². The van der Waals surface area contributed by atoms with Gasteiger partial charge in [0.25, 0.3) is 11.1 Å². The molecule has 2 aliphatic rings. The Morgan fingerprint density at radius 2 is 0.977 bits per heavy atom. The average molecular weight is 595 g/mol. The Morgan fingerprint density at radius 3 is 1.33 bits per heavy atom. The normalized spacial score (nSPS) is 23.1. The molecule has 2 saturated heterocycles. The standard InChI is InChI=1S/C29H42N10O4/c1-16-10-17(2)13-36(12-16)26-30-22-20(24(40)32-28(42)34(22)5)38(26)8-7-9-39-21-23(35(6)29(43)33-25(21)41)31-27(39)37-14-18(3)11-19(4)15-37/h16-19H,7-15H2,1-6H3,(H,32,40,42)(H,33,41,43)/t16-,17+,18-,19+. The van der Waals surface area contributed by atoms with E-state index < -0.39 is 22.5 Å². The van der Waals surface area contributed by atoms with Crippen molar-refractivity contribution >= 4 is 34.2 Å². The smallest absolute Gasteiger partial charge is 0.329 e. The zero-order valence-electron chi connectivity index (χ0n) is 25.9. The van der Waals surface area contributed by atoms with Gasteiger partial charge in [0, 0.05) is 53.4 Å². The number of anilines is 2. The second-order valence-electron chi connectivity index (χ2n) is 13.2. The molecule has 2 fully saturated rings. The molecule has 0 bridgehead atoms. The quantitative estimate of drug-likeness (QED) is 0.338. The minimum Gasteiger partial charge on any atom is -0.342 e. The Labute approximate surface area is 248 Å². The van der Waals surface area contributed by atoms with Gasteiger partial charge in [-0.2, -0.15) is 9.97 Å². The lowest BCUT2D eigenvalue weighted by Gasteiger charge is -2.36. The molecule has 0 amide bonds. The zero-order chi connectivity index (χ0) is 30.7. The van der Waals surface area contributed by atoms with Crippen molar-refractivity contribution in [2.45, 2.75) is 60.0 Å². The van der Waals surface area contributed by atoms with Gasteiger partial charge in [0.2, 0.25) is 11.9 Å². The van der Waals surface area contributed by atoms with Crippen LogP contribution >= 0.6 is 0 Å². The number of fused-ring (bicyclic) bond motifs is 2. The molecule has 2 aliphatic heterocycles. The first-order chi connectivity index (χ1) is 20.4. The fourth-order valence-corrected chi connectivity index (χ4v) is 7.39. The van der Waals surface area contributed by atoms with Crippen LogP contribution in [0.4, 0.5) is 11.9 Å². The van der Waals surface area contributed by atoms with Crippen LogP contribution in [0.3, 0.4) is 0 Å². The summed E-state index contributed by atoms with van der Waals surface area (Å²) in [5.41, 5.74) is -0.512. The van der Waals surface area contributed by atoms with E-state index in [0.29, 0.717) is 77.4 Å². The summed E-state index contributed by atoms with van der Waals surface area (Å²) in [6.07, 6.45) is 2.80. The molecule has 14 nitrogen and oxygen atoms in total. The van der Waals surface area contributed by atoms with Crippen LogP contribution in [0, 0.1) is 23.7 Å². The molecule has 6 heterocycles. The van der Waals surface area contributed by atoms with Crippen molar-refractivity contribution in [2.24, 2.45) is 37.8 Å². The summed E-state index contributed by atoms with van der Waals surface area (Å²) in [4.78, 5) is 70.2. The average Bonchev–Trinajstić information content (AvgIpc) is 3.50. The summed E-state index contributed by atoms with van der Waals surface area (Å²) < 4.78 is 6.60. The third-order valence-corrected chi connectivity index (χ3v) is 9.04. The second-order valence-corrected chi connectivity index (χ2v) is 13.2. The maximum absolute atomic E-state index is 13.2. The highest BCUT2D eigenvalue weighted by Gasteiger charge is 2.30. The zero-order valence-corrected chi connectivity index (χ0v) is 25.9. The SMILES string of the molecule is C[C@@H]1C[C@H](C)CN(c2nc3c(c(=O)[nH]c(=O)n3C)n2CCCn2c(N3C[C@H](C)C[C@H](C)C3)nc3c2c(=O)[nH]c(=O)n3C)C1. The molecule has 232 valence electrons. The molecule has 4 atom stereocenters. The van der Waals surface area contributed by atoms with Gasteiger partial charge in [-0.3, -0.25) is 28.7 Å². The van der Waals surface area contributed by atoms with Crippen LogP contribution in [-0.2, 0) is 27.2 Å². The lowest BCUT2D eigenvalue weighted by molar-refractivity contribution is 0.349. The first-order valence-corrected chi connectivity index (χ1v) is 15.3. The van der Waals surface area contributed by atoms with Crippen LogP contribution in [0.5, 0.6) is 0 Å². The van der Waals surface area contributed by atoms with Crippen molar-refractivity contribution in [3.63, 3.8) is 0 Å². The summed E-state index contributed by atoms with van der Waals surface area (Å²) in [5, 5.41) is 0. The Kier molecular flexibility index (Phi) is 7.33. The Bertz CT molecular complexity index is 1770. The van der Waals surface area contributed by atoms with Gasteiger partial charge in [-0.05, 0) is 42.9 Å². The molecule has 14 heteroatoms. The summed E-state index contributed by atoms with van der Waals surface area (Å²) in [6.45, 7) is 13.0. The third-order valence-electron chi connectivity index (χ3n) is 9.04. The van der Waals surface area contributed by atoms with E-state index in [-0.39, 0.29) is 0 Å². The van der Waals surface area contributed by atoms with Gasteiger partial charge in [-0.15, -0.1) is 0 Å². The van der Waals surface area contributed by atoms with Crippen LogP contribution in [0.2, 0.25) is 0 Å². The van der Waals surface area contributed by atoms with Gasteiger partial charge in [-0.25, -0.2) is 9.59 Å². The molecule has 0 radical (unpaired) electrons. The highest BCUT2D eigenvalue weighted by Crippen LogP contribution is 2.30. The van der Waals surface area contributed by atoms with E-state index in [1.54, 1.807) is 14.1 Å². The number of H-pyrrole nitrogens is 2. The van der Waals surface area contributed by atoms with Gasteiger partial charge in [0.05, 0.1) is 0 Å². The number of nitrogens with one attached hydrogen (secondary N) is 2. The number of aromatic nitrogens is 8. The topological polar surface area (TPSA) is 152 Å². The number of hydrogen-bond donors (Lipinski definition) is 2. The maximum atomic E-state index is 13.2. The first kappa shape index (κ1) is 29.0. The largest absolute Gasteiger partial charge is 0.342 e. The van der Waals surface area contributed by atoms with Crippen LogP contribution in [0.15, 0.2) is 19.2 Å². The van der Waals surface area contributed by atoms with Crippen molar-refractivity contribution in [1.29, 1.82) is 0 Å². The van der Waals surface area contributed by atoms with Crippen molar-refractivity contribution in [2.75, 3.05) is 36.0 Å². The number of nitrogens with zero attached hydrogens (tertiary/aromatic N) is 8. The van der Waals surface area contributed by atoms with Crippen molar-refractivity contribution in [3.05, 3.63) is 41.7 Å².